The number of benzene rings is 1. The maximum atomic E-state index is 11.5. The molecule has 0 bridgehead atoms. The minimum absolute atomic E-state index is 0.0661. The fraction of sp³-hybridized carbons (Fsp3) is 0.333. The standard InChI is InChI=1S/C12H15N3O3/c1-3-9(12(16)4-2)13-14-10-7-5-6-8-11(10)15(17)18/h5-8,14H,3-4H2,1-2H3. The van der Waals surface area contributed by atoms with Crippen LogP contribution in [0.15, 0.2) is 29.4 Å². The Hall–Kier alpha value is -2.24. The van der Waals surface area contributed by atoms with E-state index in [-0.39, 0.29) is 17.2 Å². The minimum atomic E-state index is -0.495. The first-order chi connectivity index (χ1) is 8.60. The van der Waals surface area contributed by atoms with E-state index in [1.807, 2.05) is 6.92 Å². The molecule has 0 aliphatic rings. The molecule has 0 amide bonds. The summed E-state index contributed by atoms with van der Waals surface area (Å²) in [4.78, 5) is 21.8. The maximum Gasteiger partial charge on any atom is 0.294 e. The second-order valence-corrected chi connectivity index (χ2v) is 3.57. The molecule has 0 atom stereocenters. The molecule has 1 rings (SSSR count). The number of para-hydroxylation sites is 2. The van der Waals surface area contributed by atoms with Crippen LogP contribution in [0.3, 0.4) is 0 Å². The summed E-state index contributed by atoms with van der Waals surface area (Å²) in [5.74, 6) is -0.0661. The molecule has 0 aliphatic carbocycles. The van der Waals surface area contributed by atoms with Gasteiger partial charge in [-0.3, -0.25) is 20.3 Å². The first-order valence-electron chi connectivity index (χ1n) is 5.69. The second-order valence-electron chi connectivity index (χ2n) is 3.57. The number of rotatable bonds is 6. The molecule has 0 saturated heterocycles. The number of ketones is 1. The van der Waals surface area contributed by atoms with E-state index in [9.17, 15) is 14.9 Å². The maximum absolute atomic E-state index is 11.5. The Kier molecular flexibility index (Phi) is 4.98. The van der Waals surface area contributed by atoms with Crippen LogP contribution >= 0.6 is 0 Å². The molecule has 0 radical (unpaired) electrons. The summed E-state index contributed by atoms with van der Waals surface area (Å²) in [5, 5.41) is 14.7. The Bertz CT molecular complexity index is 483. The van der Waals surface area contributed by atoms with E-state index >= 15 is 0 Å². The van der Waals surface area contributed by atoms with Crippen LogP contribution in [0.1, 0.15) is 26.7 Å². The zero-order valence-corrected chi connectivity index (χ0v) is 10.3. The van der Waals surface area contributed by atoms with E-state index in [1.54, 1.807) is 25.1 Å². The van der Waals surface area contributed by atoms with E-state index < -0.39 is 4.92 Å². The third kappa shape index (κ3) is 3.38. The molecule has 0 saturated carbocycles. The predicted molar refractivity (Wildman–Crippen MR) is 69.7 cm³/mol. The highest BCUT2D eigenvalue weighted by Crippen LogP contribution is 2.23. The van der Waals surface area contributed by atoms with Crippen LogP contribution in [-0.4, -0.2) is 16.4 Å². The normalized spacial score (nSPS) is 11.1. The summed E-state index contributed by atoms with van der Waals surface area (Å²) in [6.07, 6.45) is 0.853. The van der Waals surface area contributed by atoms with Gasteiger partial charge in [0.1, 0.15) is 11.4 Å². The highest BCUT2D eigenvalue weighted by molar-refractivity contribution is 6.39. The molecular formula is C12H15N3O3. The fourth-order valence-corrected chi connectivity index (χ4v) is 1.40. The first-order valence-corrected chi connectivity index (χ1v) is 5.69. The topological polar surface area (TPSA) is 84.6 Å². The van der Waals surface area contributed by atoms with Crippen LogP contribution in [0.4, 0.5) is 11.4 Å². The van der Waals surface area contributed by atoms with Crippen LogP contribution in [0.2, 0.25) is 0 Å². The number of Topliss-reactive ketones (excluding diaryl/α,β-unsaturated/α-hetero) is 1. The smallest absolute Gasteiger partial charge is 0.293 e. The lowest BCUT2D eigenvalue weighted by Crippen LogP contribution is -2.13. The van der Waals surface area contributed by atoms with Crippen LogP contribution in [0.25, 0.3) is 0 Å². The number of carbonyl (C=O) groups excluding carboxylic acids is 1. The lowest BCUT2D eigenvalue weighted by Gasteiger charge is -2.04. The number of hydrazone groups is 1. The van der Waals surface area contributed by atoms with Crippen molar-refractivity contribution in [3.8, 4) is 0 Å². The van der Waals surface area contributed by atoms with Gasteiger partial charge in [0.05, 0.1) is 4.92 Å². The minimum Gasteiger partial charge on any atom is -0.293 e. The van der Waals surface area contributed by atoms with Crippen LogP contribution < -0.4 is 5.43 Å². The highest BCUT2D eigenvalue weighted by Gasteiger charge is 2.12. The van der Waals surface area contributed by atoms with Crippen molar-refractivity contribution in [1.82, 2.24) is 0 Å². The quantitative estimate of drug-likeness (QED) is 0.477. The van der Waals surface area contributed by atoms with Gasteiger partial charge in [0.15, 0.2) is 5.78 Å². The van der Waals surface area contributed by atoms with Crippen molar-refractivity contribution in [2.24, 2.45) is 5.10 Å². The number of hydrogen-bond donors (Lipinski definition) is 1. The van der Waals surface area contributed by atoms with E-state index in [4.69, 9.17) is 0 Å². The molecule has 1 aromatic carbocycles. The van der Waals surface area contributed by atoms with Crippen molar-refractivity contribution in [1.29, 1.82) is 0 Å². The molecule has 96 valence electrons. The summed E-state index contributed by atoms with van der Waals surface area (Å²) in [7, 11) is 0. The zero-order chi connectivity index (χ0) is 13.5. The summed E-state index contributed by atoms with van der Waals surface area (Å²) in [5.41, 5.74) is 3.18. The summed E-state index contributed by atoms with van der Waals surface area (Å²) >= 11 is 0. The van der Waals surface area contributed by atoms with Crippen LogP contribution in [0.5, 0.6) is 0 Å². The number of nitro groups is 1. The molecule has 6 heteroatoms. The fourth-order valence-electron chi connectivity index (χ4n) is 1.40. The summed E-state index contributed by atoms with van der Waals surface area (Å²) in [6, 6.07) is 6.17. The Morgan fingerprint density at radius 1 is 1.33 bits per heavy atom. The lowest BCUT2D eigenvalue weighted by atomic mass is 10.1. The average molecular weight is 249 g/mol. The van der Waals surface area contributed by atoms with Gasteiger partial charge in [-0.2, -0.15) is 5.10 Å². The third-order valence-corrected chi connectivity index (χ3v) is 2.39. The SMILES string of the molecule is CCC(=O)C(CC)=NNc1ccccc1[N+](=O)[O-]. The summed E-state index contributed by atoms with van der Waals surface area (Å²) in [6.45, 7) is 3.56. The van der Waals surface area contributed by atoms with Gasteiger partial charge in [-0.05, 0) is 12.5 Å². The molecule has 0 spiro atoms. The molecule has 0 aromatic heterocycles. The van der Waals surface area contributed by atoms with Gasteiger partial charge in [0.2, 0.25) is 0 Å². The van der Waals surface area contributed by atoms with Gasteiger partial charge in [0, 0.05) is 12.5 Å². The van der Waals surface area contributed by atoms with Gasteiger partial charge < -0.3 is 0 Å². The third-order valence-electron chi connectivity index (χ3n) is 2.39. The van der Waals surface area contributed by atoms with Crippen molar-refractivity contribution in [2.45, 2.75) is 26.7 Å². The Labute approximate surface area is 105 Å². The molecule has 1 N–H and O–H groups in total. The molecule has 18 heavy (non-hydrogen) atoms. The van der Waals surface area contributed by atoms with Crippen molar-refractivity contribution in [3.63, 3.8) is 0 Å². The number of carbonyl (C=O) groups is 1. The number of nitrogens with one attached hydrogen (secondary N) is 1. The van der Waals surface area contributed by atoms with Crippen molar-refractivity contribution >= 4 is 22.9 Å². The van der Waals surface area contributed by atoms with Crippen molar-refractivity contribution in [3.05, 3.63) is 34.4 Å². The molecule has 0 aliphatic heterocycles. The second kappa shape index (κ2) is 6.48. The lowest BCUT2D eigenvalue weighted by molar-refractivity contribution is -0.384. The van der Waals surface area contributed by atoms with Gasteiger partial charge in [0.25, 0.3) is 5.69 Å². The van der Waals surface area contributed by atoms with Crippen molar-refractivity contribution < 1.29 is 9.72 Å². The van der Waals surface area contributed by atoms with Gasteiger partial charge >= 0.3 is 0 Å². The Morgan fingerprint density at radius 3 is 2.56 bits per heavy atom. The number of hydrogen-bond acceptors (Lipinski definition) is 5. The first kappa shape index (κ1) is 13.8. The molecule has 0 unspecified atom stereocenters. The highest BCUT2D eigenvalue weighted by atomic mass is 16.6. The van der Waals surface area contributed by atoms with Crippen LogP contribution in [-0.2, 0) is 4.79 Å². The summed E-state index contributed by atoms with van der Waals surface area (Å²) < 4.78 is 0. The monoisotopic (exact) mass is 249 g/mol. The molecule has 0 fully saturated rings. The Morgan fingerprint density at radius 2 is 2.00 bits per heavy atom. The van der Waals surface area contributed by atoms with E-state index in [0.717, 1.165) is 0 Å². The van der Waals surface area contributed by atoms with Gasteiger partial charge in [-0.25, -0.2) is 0 Å². The van der Waals surface area contributed by atoms with Gasteiger partial charge in [-0.1, -0.05) is 26.0 Å². The number of anilines is 1. The molecule has 6 nitrogen and oxygen atoms in total. The van der Waals surface area contributed by atoms with E-state index in [0.29, 0.717) is 18.6 Å². The zero-order valence-electron chi connectivity index (χ0n) is 10.3. The largest absolute Gasteiger partial charge is 0.294 e. The van der Waals surface area contributed by atoms with E-state index in [2.05, 4.69) is 10.5 Å². The molecule has 1 aromatic rings. The average Bonchev–Trinajstić information content (AvgIpc) is 2.39. The Balaban J connectivity index is 2.94. The van der Waals surface area contributed by atoms with Crippen molar-refractivity contribution in [2.75, 3.05) is 5.43 Å². The molecular weight excluding hydrogens is 234 g/mol. The van der Waals surface area contributed by atoms with Crippen LogP contribution in [0, 0.1) is 10.1 Å². The molecule has 0 heterocycles. The number of nitrogens with zero attached hydrogens (tertiary/aromatic N) is 2. The van der Waals surface area contributed by atoms with E-state index in [1.165, 1.54) is 6.07 Å². The predicted octanol–water partition coefficient (Wildman–Crippen LogP) is 2.75. The van der Waals surface area contributed by atoms with Gasteiger partial charge in [-0.15, -0.1) is 0 Å². The number of nitro benzene ring substituents is 1.